The zero-order valence-electron chi connectivity index (χ0n) is 7.33. The quantitative estimate of drug-likeness (QED) is 0.587. The highest BCUT2D eigenvalue weighted by atomic mass is 14.9. The van der Waals surface area contributed by atoms with Crippen LogP contribution in [0.5, 0.6) is 0 Å². The Morgan fingerprint density at radius 1 is 1.33 bits per heavy atom. The lowest BCUT2D eigenvalue weighted by Gasteiger charge is -1.96. The van der Waals surface area contributed by atoms with Crippen LogP contribution >= 0.6 is 0 Å². The van der Waals surface area contributed by atoms with E-state index in [1.807, 2.05) is 19.2 Å². The molecule has 0 unspecified atom stereocenters. The number of fused-ring (bicyclic) bond motifs is 1. The Morgan fingerprint density at radius 2 is 2.08 bits per heavy atom. The predicted octanol–water partition coefficient (Wildman–Crippen LogP) is 2.07. The maximum absolute atomic E-state index is 5.69. The van der Waals surface area contributed by atoms with Crippen molar-refractivity contribution in [1.29, 1.82) is 0 Å². The number of nitrogens with zero attached hydrogens (tertiary/aromatic N) is 1. The number of benzene rings is 1. The molecule has 1 heterocycles. The molecule has 1 aromatic heterocycles. The number of aromatic nitrogens is 1. The molecule has 2 aromatic rings. The SMILES string of the molecule is Cc1cn(C)c2cc(N)ccc12. The summed E-state index contributed by atoms with van der Waals surface area (Å²) in [5.41, 5.74) is 9.01. The zero-order chi connectivity index (χ0) is 8.72. The molecule has 2 nitrogen and oxygen atoms in total. The fourth-order valence-corrected chi connectivity index (χ4v) is 1.60. The van der Waals surface area contributed by atoms with Crippen molar-refractivity contribution in [3.8, 4) is 0 Å². The van der Waals surface area contributed by atoms with Crippen LogP contribution in [-0.2, 0) is 7.05 Å². The Kier molecular flexibility index (Phi) is 1.37. The summed E-state index contributed by atoms with van der Waals surface area (Å²) < 4.78 is 2.10. The van der Waals surface area contributed by atoms with Gasteiger partial charge in [0.1, 0.15) is 0 Å². The van der Waals surface area contributed by atoms with E-state index in [1.54, 1.807) is 0 Å². The second-order valence-corrected chi connectivity index (χ2v) is 3.20. The Labute approximate surface area is 71.6 Å². The highest BCUT2D eigenvalue weighted by Gasteiger charge is 2.01. The van der Waals surface area contributed by atoms with Gasteiger partial charge in [0.2, 0.25) is 0 Å². The van der Waals surface area contributed by atoms with Crippen LogP contribution in [0.4, 0.5) is 5.69 Å². The van der Waals surface area contributed by atoms with Gasteiger partial charge in [0.15, 0.2) is 0 Å². The molecule has 0 radical (unpaired) electrons. The Hall–Kier alpha value is -1.44. The highest BCUT2D eigenvalue weighted by molar-refractivity contribution is 5.86. The second-order valence-electron chi connectivity index (χ2n) is 3.20. The third-order valence-electron chi connectivity index (χ3n) is 2.21. The van der Waals surface area contributed by atoms with Crippen molar-refractivity contribution in [2.45, 2.75) is 6.92 Å². The van der Waals surface area contributed by atoms with Gasteiger partial charge in [-0.15, -0.1) is 0 Å². The molecule has 1 aromatic carbocycles. The Balaban J connectivity index is 2.90. The summed E-state index contributed by atoms with van der Waals surface area (Å²) in [5.74, 6) is 0. The summed E-state index contributed by atoms with van der Waals surface area (Å²) in [6, 6.07) is 6.01. The van der Waals surface area contributed by atoms with Crippen LogP contribution in [0.25, 0.3) is 10.9 Å². The Morgan fingerprint density at radius 3 is 2.83 bits per heavy atom. The monoisotopic (exact) mass is 160 g/mol. The lowest BCUT2D eigenvalue weighted by Crippen LogP contribution is -1.87. The smallest absolute Gasteiger partial charge is 0.0501 e. The van der Waals surface area contributed by atoms with E-state index in [2.05, 4.69) is 23.8 Å². The van der Waals surface area contributed by atoms with Gasteiger partial charge in [0, 0.05) is 24.3 Å². The minimum Gasteiger partial charge on any atom is -0.399 e. The van der Waals surface area contributed by atoms with Gasteiger partial charge in [-0.25, -0.2) is 0 Å². The molecule has 0 saturated heterocycles. The fourth-order valence-electron chi connectivity index (χ4n) is 1.60. The number of hydrogen-bond acceptors (Lipinski definition) is 1. The molecule has 0 fully saturated rings. The summed E-state index contributed by atoms with van der Waals surface area (Å²) in [5, 5.41) is 1.28. The second kappa shape index (κ2) is 2.27. The van der Waals surface area contributed by atoms with E-state index in [-0.39, 0.29) is 0 Å². The lowest BCUT2D eigenvalue weighted by atomic mass is 10.2. The molecule has 0 atom stereocenters. The zero-order valence-corrected chi connectivity index (χ0v) is 7.33. The standard InChI is InChI=1S/C10H12N2/c1-7-6-12(2)10-5-8(11)3-4-9(7)10/h3-6H,11H2,1-2H3. The molecule has 2 heteroatoms. The molecule has 0 aliphatic heterocycles. The van der Waals surface area contributed by atoms with Crippen LogP contribution in [0.1, 0.15) is 5.56 Å². The first-order chi connectivity index (χ1) is 5.68. The summed E-state index contributed by atoms with van der Waals surface area (Å²) in [4.78, 5) is 0. The van der Waals surface area contributed by atoms with Gasteiger partial charge in [-0.3, -0.25) is 0 Å². The highest BCUT2D eigenvalue weighted by Crippen LogP contribution is 2.21. The number of aryl methyl sites for hydroxylation is 2. The number of nitrogen functional groups attached to an aromatic ring is 1. The first-order valence-electron chi connectivity index (χ1n) is 3.99. The average Bonchev–Trinajstić information content (AvgIpc) is 2.28. The van der Waals surface area contributed by atoms with Crippen molar-refractivity contribution >= 4 is 16.6 Å². The maximum Gasteiger partial charge on any atom is 0.0501 e. The molecule has 2 rings (SSSR count). The minimum atomic E-state index is 0.823. The topological polar surface area (TPSA) is 30.9 Å². The first-order valence-corrected chi connectivity index (χ1v) is 3.99. The lowest BCUT2D eigenvalue weighted by molar-refractivity contribution is 0.964. The van der Waals surface area contributed by atoms with Crippen molar-refractivity contribution < 1.29 is 0 Å². The maximum atomic E-state index is 5.69. The van der Waals surface area contributed by atoms with Crippen LogP contribution in [-0.4, -0.2) is 4.57 Å². The molecule has 0 saturated carbocycles. The van der Waals surface area contributed by atoms with Crippen molar-refractivity contribution in [3.05, 3.63) is 30.0 Å². The summed E-state index contributed by atoms with van der Waals surface area (Å²) in [6.45, 7) is 2.11. The van der Waals surface area contributed by atoms with E-state index < -0.39 is 0 Å². The fraction of sp³-hybridized carbons (Fsp3) is 0.200. The average molecular weight is 160 g/mol. The molecule has 12 heavy (non-hydrogen) atoms. The van der Waals surface area contributed by atoms with Gasteiger partial charge in [-0.1, -0.05) is 6.07 Å². The molecule has 0 bridgehead atoms. The van der Waals surface area contributed by atoms with Gasteiger partial charge < -0.3 is 10.3 Å². The summed E-state index contributed by atoms with van der Waals surface area (Å²) in [6.07, 6.45) is 2.12. The van der Waals surface area contributed by atoms with Crippen molar-refractivity contribution in [1.82, 2.24) is 4.57 Å². The first kappa shape index (κ1) is 7.22. The third-order valence-corrected chi connectivity index (χ3v) is 2.21. The molecular weight excluding hydrogens is 148 g/mol. The number of rotatable bonds is 0. The van der Waals surface area contributed by atoms with E-state index in [0.29, 0.717) is 0 Å². The van der Waals surface area contributed by atoms with Crippen LogP contribution in [0.2, 0.25) is 0 Å². The molecule has 0 aliphatic carbocycles. The number of nitrogens with two attached hydrogens (primary N) is 1. The molecule has 62 valence electrons. The van der Waals surface area contributed by atoms with Crippen LogP contribution in [0, 0.1) is 6.92 Å². The van der Waals surface area contributed by atoms with E-state index in [4.69, 9.17) is 5.73 Å². The van der Waals surface area contributed by atoms with Crippen LogP contribution in [0.15, 0.2) is 24.4 Å². The normalized spacial score (nSPS) is 10.8. The van der Waals surface area contributed by atoms with Gasteiger partial charge in [0.25, 0.3) is 0 Å². The van der Waals surface area contributed by atoms with Crippen LogP contribution in [0.3, 0.4) is 0 Å². The van der Waals surface area contributed by atoms with Crippen molar-refractivity contribution in [2.24, 2.45) is 7.05 Å². The molecule has 0 amide bonds. The number of anilines is 1. The Bertz CT molecular complexity index is 427. The van der Waals surface area contributed by atoms with Gasteiger partial charge in [-0.05, 0) is 24.6 Å². The van der Waals surface area contributed by atoms with E-state index >= 15 is 0 Å². The van der Waals surface area contributed by atoms with Gasteiger partial charge in [-0.2, -0.15) is 0 Å². The van der Waals surface area contributed by atoms with Crippen molar-refractivity contribution in [3.63, 3.8) is 0 Å². The van der Waals surface area contributed by atoms with Crippen molar-refractivity contribution in [2.75, 3.05) is 5.73 Å². The number of hydrogen-bond donors (Lipinski definition) is 1. The van der Waals surface area contributed by atoms with E-state index in [0.717, 1.165) is 5.69 Å². The molecule has 0 aliphatic rings. The summed E-state index contributed by atoms with van der Waals surface area (Å²) in [7, 11) is 2.04. The largest absolute Gasteiger partial charge is 0.399 e. The van der Waals surface area contributed by atoms with Gasteiger partial charge in [0.05, 0.1) is 5.52 Å². The van der Waals surface area contributed by atoms with E-state index in [1.165, 1.54) is 16.5 Å². The third kappa shape index (κ3) is 0.881. The minimum absolute atomic E-state index is 0.823. The van der Waals surface area contributed by atoms with E-state index in [9.17, 15) is 0 Å². The molecule has 2 N–H and O–H groups in total. The molecular formula is C10H12N2. The molecule has 0 spiro atoms. The van der Waals surface area contributed by atoms with Crippen LogP contribution < -0.4 is 5.73 Å². The predicted molar refractivity (Wildman–Crippen MR) is 52.1 cm³/mol. The summed E-state index contributed by atoms with van der Waals surface area (Å²) >= 11 is 0. The van der Waals surface area contributed by atoms with Gasteiger partial charge >= 0.3 is 0 Å².